The van der Waals surface area contributed by atoms with Gasteiger partial charge >= 0.3 is 5.69 Å². The molecule has 1 aliphatic rings. The highest BCUT2D eigenvalue weighted by Crippen LogP contribution is 2.34. The number of carbonyl (C=O) groups excluding carboxylic acids is 1. The fourth-order valence-corrected chi connectivity index (χ4v) is 2.75. The van der Waals surface area contributed by atoms with Crippen LogP contribution in [0.25, 0.3) is 0 Å². The lowest BCUT2D eigenvalue weighted by Crippen LogP contribution is -2.41. The first-order valence-corrected chi connectivity index (χ1v) is 6.73. The minimum atomic E-state index is -0.564. The zero-order valence-corrected chi connectivity index (χ0v) is 11.8. The Hall–Kier alpha value is -2.45. The Morgan fingerprint density at radius 1 is 1.43 bits per heavy atom. The first-order chi connectivity index (χ1) is 9.90. The number of nitrogens with two attached hydrogens (primary N) is 2. The van der Waals surface area contributed by atoms with Gasteiger partial charge in [0, 0.05) is 6.04 Å². The predicted octanol–water partition coefficient (Wildman–Crippen LogP) is 0.510. The lowest BCUT2D eigenvalue weighted by molar-refractivity contribution is -0.385. The summed E-state index contributed by atoms with van der Waals surface area (Å²) in [4.78, 5) is 31.5. The van der Waals surface area contributed by atoms with Gasteiger partial charge in [0.1, 0.15) is 5.69 Å². The minimum absolute atomic E-state index is 0.00454. The van der Waals surface area contributed by atoms with Crippen LogP contribution >= 0.6 is 0 Å². The van der Waals surface area contributed by atoms with Gasteiger partial charge in [-0.25, -0.2) is 4.98 Å². The third-order valence-electron chi connectivity index (χ3n) is 3.60. The molecule has 0 aromatic carbocycles. The molecule has 4 N–H and O–H groups in total. The highest BCUT2D eigenvalue weighted by Gasteiger charge is 2.32. The van der Waals surface area contributed by atoms with E-state index in [9.17, 15) is 14.9 Å². The van der Waals surface area contributed by atoms with Gasteiger partial charge in [-0.1, -0.05) is 12.8 Å². The second kappa shape index (κ2) is 5.90. The number of hydrogen-bond donors (Lipinski definition) is 2. The van der Waals surface area contributed by atoms with E-state index in [0.29, 0.717) is 0 Å². The van der Waals surface area contributed by atoms with E-state index in [4.69, 9.17) is 11.5 Å². The molecule has 0 saturated heterocycles. The van der Waals surface area contributed by atoms with Crippen LogP contribution in [0.15, 0.2) is 0 Å². The molecule has 1 amide bonds. The van der Waals surface area contributed by atoms with E-state index in [0.717, 1.165) is 25.7 Å². The summed E-state index contributed by atoms with van der Waals surface area (Å²) in [5.74, 6) is -0.540. The molecule has 0 spiro atoms. The molecular formula is C12H18N6O3. The molecule has 0 atom stereocenters. The number of hydrogen-bond acceptors (Lipinski definition) is 7. The zero-order chi connectivity index (χ0) is 15.6. The van der Waals surface area contributed by atoms with Gasteiger partial charge in [-0.3, -0.25) is 14.9 Å². The molecule has 0 aliphatic heterocycles. The van der Waals surface area contributed by atoms with Crippen LogP contribution in [0.3, 0.4) is 0 Å². The van der Waals surface area contributed by atoms with Crippen molar-refractivity contribution in [2.24, 2.45) is 5.73 Å². The number of amides is 1. The van der Waals surface area contributed by atoms with E-state index in [1.165, 1.54) is 6.92 Å². The van der Waals surface area contributed by atoms with Gasteiger partial charge in [-0.2, -0.15) is 4.98 Å². The largest absolute Gasteiger partial charge is 0.368 e. The molecule has 1 fully saturated rings. The molecule has 0 bridgehead atoms. The number of nitrogens with zero attached hydrogens (tertiary/aromatic N) is 4. The first kappa shape index (κ1) is 14.9. The Kier molecular flexibility index (Phi) is 4.20. The third kappa shape index (κ3) is 3.18. The van der Waals surface area contributed by atoms with Crippen LogP contribution in [-0.4, -0.2) is 33.4 Å². The predicted molar refractivity (Wildman–Crippen MR) is 76.6 cm³/mol. The maximum Gasteiger partial charge on any atom is 0.332 e. The minimum Gasteiger partial charge on any atom is -0.368 e. The number of primary amides is 1. The van der Waals surface area contributed by atoms with Crippen molar-refractivity contribution in [2.75, 3.05) is 17.2 Å². The topological polar surface area (TPSA) is 141 Å². The van der Waals surface area contributed by atoms with E-state index in [1.54, 1.807) is 4.90 Å². The molecule has 1 saturated carbocycles. The maximum absolute atomic E-state index is 11.3. The maximum atomic E-state index is 11.3. The van der Waals surface area contributed by atoms with Crippen molar-refractivity contribution in [1.29, 1.82) is 0 Å². The third-order valence-corrected chi connectivity index (χ3v) is 3.60. The molecule has 0 unspecified atom stereocenters. The molecule has 9 nitrogen and oxygen atoms in total. The average Bonchev–Trinajstić information content (AvgIpc) is 2.87. The monoisotopic (exact) mass is 294 g/mol. The van der Waals surface area contributed by atoms with E-state index in [1.807, 2.05) is 0 Å². The van der Waals surface area contributed by atoms with Crippen molar-refractivity contribution in [3.8, 4) is 0 Å². The summed E-state index contributed by atoms with van der Waals surface area (Å²) >= 11 is 0. The van der Waals surface area contributed by atoms with Crippen molar-refractivity contribution in [1.82, 2.24) is 9.97 Å². The molecule has 0 radical (unpaired) electrons. The molecular weight excluding hydrogens is 276 g/mol. The van der Waals surface area contributed by atoms with E-state index in [-0.39, 0.29) is 35.7 Å². The normalized spacial score (nSPS) is 15.1. The van der Waals surface area contributed by atoms with Crippen LogP contribution in [0.4, 0.5) is 17.5 Å². The van der Waals surface area contributed by atoms with Crippen LogP contribution in [0.1, 0.15) is 31.4 Å². The number of aromatic nitrogens is 2. The van der Waals surface area contributed by atoms with E-state index < -0.39 is 10.8 Å². The molecule has 1 aromatic heterocycles. The fourth-order valence-electron chi connectivity index (χ4n) is 2.75. The van der Waals surface area contributed by atoms with Gasteiger partial charge in [-0.05, 0) is 19.8 Å². The standard InChI is InChI=1S/C12H18N6O3/c1-7-10(18(20)21)11(16-12(14)15-7)17(6-9(13)19)8-4-2-3-5-8/h8H,2-6H2,1H3,(H2,13,19)(H2,14,15,16). The number of aryl methyl sites for hydroxylation is 1. The Bertz CT molecular complexity index is 570. The van der Waals surface area contributed by atoms with Gasteiger partial charge < -0.3 is 16.4 Å². The number of rotatable bonds is 5. The Morgan fingerprint density at radius 2 is 2.05 bits per heavy atom. The summed E-state index contributed by atoms with van der Waals surface area (Å²) in [6, 6.07) is 0.00454. The fraction of sp³-hybridized carbons (Fsp3) is 0.583. The van der Waals surface area contributed by atoms with E-state index >= 15 is 0 Å². The zero-order valence-electron chi connectivity index (χ0n) is 11.8. The lowest BCUT2D eigenvalue weighted by atomic mass is 10.2. The highest BCUT2D eigenvalue weighted by atomic mass is 16.6. The van der Waals surface area contributed by atoms with Crippen molar-refractivity contribution >= 4 is 23.4 Å². The summed E-state index contributed by atoms with van der Waals surface area (Å²) in [7, 11) is 0. The molecule has 1 aliphatic carbocycles. The van der Waals surface area contributed by atoms with Gasteiger partial charge in [-0.15, -0.1) is 0 Å². The summed E-state index contributed by atoms with van der Waals surface area (Å²) in [6.45, 7) is 1.37. The summed E-state index contributed by atoms with van der Waals surface area (Å²) < 4.78 is 0. The highest BCUT2D eigenvalue weighted by molar-refractivity contribution is 5.80. The summed E-state index contributed by atoms with van der Waals surface area (Å²) in [5.41, 5.74) is 10.8. The van der Waals surface area contributed by atoms with E-state index in [2.05, 4.69) is 9.97 Å². The number of anilines is 2. The van der Waals surface area contributed by atoms with Crippen LogP contribution in [0.2, 0.25) is 0 Å². The van der Waals surface area contributed by atoms with Crippen LogP contribution in [0, 0.1) is 17.0 Å². The SMILES string of the molecule is Cc1nc(N)nc(N(CC(N)=O)C2CCCC2)c1[N+](=O)[O-]. The second-order valence-electron chi connectivity index (χ2n) is 5.13. The number of carbonyl (C=O) groups is 1. The summed E-state index contributed by atoms with van der Waals surface area (Å²) in [5, 5.41) is 11.3. The first-order valence-electron chi connectivity index (χ1n) is 6.73. The van der Waals surface area contributed by atoms with Gasteiger partial charge in [0.2, 0.25) is 17.7 Å². The van der Waals surface area contributed by atoms with Crippen molar-refractivity contribution in [3.05, 3.63) is 15.8 Å². The van der Waals surface area contributed by atoms with Crippen molar-refractivity contribution in [2.45, 2.75) is 38.6 Å². The van der Waals surface area contributed by atoms with Crippen molar-refractivity contribution in [3.63, 3.8) is 0 Å². The lowest BCUT2D eigenvalue weighted by Gasteiger charge is -2.28. The van der Waals surface area contributed by atoms with Gasteiger partial charge in [0.15, 0.2) is 0 Å². The number of nitrogen functional groups attached to an aromatic ring is 1. The molecule has 114 valence electrons. The number of nitro groups is 1. The Morgan fingerprint density at radius 3 is 2.57 bits per heavy atom. The molecule has 1 aromatic rings. The van der Waals surface area contributed by atoms with Gasteiger partial charge in [0.05, 0.1) is 11.5 Å². The van der Waals surface area contributed by atoms with Crippen LogP contribution in [-0.2, 0) is 4.79 Å². The molecule has 1 heterocycles. The average molecular weight is 294 g/mol. The van der Waals surface area contributed by atoms with Crippen molar-refractivity contribution < 1.29 is 9.72 Å². The van der Waals surface area contributed by atoms with Crippen LogP contribution < -0.4 is 16.4 Å². The smallest absolute Gasteiger partial charge is 0.332 e. The molecule has 9 heteroatoms. The quantitative estimate of drug-likeness (QED) is 0.595. The molecule has 2 rings (SSSR count). The second-order valence-corrected chi connectivity index (χ2v) is 5.13. The Labute approximate surface area is 121 Å². The van der Waals surface area contributed by atoms with Crippen LogP contribution in [0.5, 0.6) is 0 Å². The Balaban J connectivity index is 2.52. The molecule has 21 heavy (non-hydrogen) atoms. The summed E-state index contributed by atoms with van der Waals surface area (Å²) in [6.07, 6.45) is 3.70. The van der Waals surface area contributed by atoms with Gasteiger partial charge in [0.25, 0.3) is 0 Å².